The smallest absolute Gasteiger partial charge is 0.183 e. The molecule has 13 nitrogen and oxygen atoms in total. The second-order valence-electron chi connectivity index (χ2n) is 16.4. The maximum Gasteiger partial charge on any atom is 0.183 e. The van der Waals surface area contributed by atoms with Gasteiger partial charge in [-0.3, -0.25) is 0 Å². The van der Waals surface area contributed by atoms with Crippen LogP contribution in [0.1, 0.15) is 57.8 Å². The van der Waals surface area contributed by atoms with E-state index in [2.05, 4.69) is 60.3 Å². The normalized spacial score (nSPS) is 19.4. The highest BCUT2D eigenvalue weighted by atomic mass is 35.5. The van der Waals surface area contributed by atoms with E-state index in [4.69, 9.17) is 28.3 Å². The molecule has 9 rings (SSSR count). The number of β-amino-alcohol motifs (C(OH)–C–C–N with tert-alkyl or cyclic N) is 1. The highest BCUT2D eigenvalue weighted by Crippen LogP contribution is 2.31. The monoisotopic (exact) mass is 860 g/mol. The Morgan fingerprint density at radius 1 is 0.650 bits per heavy atom. The van der Waals surface area contributed by atoms with Gasteiger partial charge in [0, 0.05) is 86.0 Å². The van der Waals surface area contributed by atoms with Gasteiger partial charge in [0.2, 0.25) is 0 Å². The number of hydrogen-bond acceptors (Lipinski definition) is 11. The van der Waals surface area contributed by atoms with Crippen molar-refractivity contribution < 1.29 is 13.9 Å². The van der Waals surface area contributed by atoms with E-state index >= 15 is 0 Å². The first kappa shape index (κ1) is 42.2. The lowest BCUT2D eigenvalue weighted by Crippen LogP contribution is -2.41. The fraction of sp³-hybridized carbons (Fsp3) is 0.488. The molecule has 5 N–H and O–H groups in total. The van der Waals surface area contributed by atoms with Gasteiger partial charge in [-0.1, -0.05) is 42.5 Å². The molecule has 0 spiro atoms. The number of anilines is 2. The van der Waals surface area contributed by atoms with Crippen LogP contribution < -0.4 is 10.6 Å². The number of nitrogens with zero attached hydrogens (tertiary/aromatic N) is 8. The number of aromatic amines is 2. The maximum absolute atomic E-state index is 14.5. The summed E-state index contributed by atoms with van der Waals surface area (Å²) in [6.45, 7) is 7.56. The molecule has 6 aromatic heterocycles. The Labute approximate surface area is 358 Å². The molecule has 3 aliphatic rings. The molecular formula is C43H52Cl2F2N12O. The van der Waals surface area contributed by atoms with Gasteiger partial charge in [-0.05, 0) is 81.5 Å². The van der Waals surface area contributed by atoms with Crippen LogP contribution in [0.2, 0.25) is 10.0 Å². The zero-order chi connectivity index (χ0) is 41.4. The average Bonchev–Trinajstić information content (AvgIpc) is 3.88. The molecule has 2 atom stereocenters. The summed E-state index contributed by atoms with van der Waals surface area (Å²) in [5, 5.41) is 18.2. The van der Waals surface area contributed by atoms with E-state index in [9.17, 15) is 8.78 Å². The lowest BCUT2D eigenvalue weighted by atomic mass is 9.88. The largest absolute Gasteiger partial charge is 0.395 e. The number of piperidine rings is 2. The molecule has 0 aromatic carbocycles. The Bertz CT molecular complexity index is 2350. The molecule has 2 unspecified atom stereocenters. The first-order chi connectivity index (χ1) is 29.3. The van der Waals surface area contributed by atoms with Gasteiger partial charge >= 0.3 is 0 Å². The van der Waals surface area contributed by atoms with Gasteiger partial charge in [0.25, 0.3) is 0 Å². The Hall–Kier alpha value is -4.54. The number of halogens is 4. The first-order valence-electron chi connectivity index (χ1n) is 21.1. The van der Waals surface area contributed by atoms with E-state index in [0.717, 1.165) is 66.8 Å². The number of aliphatic hydroxyl groups excluding tert-OH is 1. The van der Waals surface area contributed by atoms with E-state index in [1.807, 2.05) is 6.07 Å². The van der Waals surface area contributed by atoms with Crippen LogP contribution in [0.25, 0.3) is 44.8 Å². The summed E-state index contributed by atoms with van der Waals surface area (Å²) in [6.07, 6.45) is 20.6. The minimum atomic E-state index is -0.484. The van der Waals surface area contributed by atoms with Gasteiger partial charge in [-0.15, -0.1) is 0 Å². The minimum Gasteiger partial charge on any atom is -0.395 e. The molecule has 3 fully saturated rings. The highest BCUT2D eigenvalue weighted by molar-refractivity contribution is 6.31. The molecule has 1 aliphatic carbocycles. The fourth-order valence-corrected chi connectivity index (χ4v) is 9.25. The van der Waals surface area contributed by atoms with E-state index < -0.39 is 11.6 Å². The van der Waals surface area contributed by atoms with Crippen molar-refractivity contribution in [2.75, 3.05) is 69.6 Å². The number of aromatic nitrogens is 8. The molecule has 0 amide bonds. The molecule has 8 heterocycles. The van der Waals surface area contributed by atoms with Crippen LogP contribution in [0.4, 0.5) is 20.4 Å². The summed E-state index contributed by atoms with van der Waals surface area (Å²) >= 11 is 12.2. The van der Waals surface area contributed by atoms with E-state index in [1.54, 1.807) is 30.9 Å². The average molecular weight is 862 g/mol. The molecule has 60 heavy (non-hydrogen) atoms. The van der Waals surface area contributed by atoms with Crippen molar-refractivity contribution in [3.63, 3.8) is 0 Å². The summed E-state index contributed by atoms with van der Waals surface area (Å²) in [6, 6.07) is 3.60. The Balaban J connectivity index is 0.000000168. The molecule has 0 bridgehead atoms. The van der Waals surface area contributed by atoms with Crippen molar-refractivity contribution in [1.29, 1.82) is 0 Å². The van der Waals surface area contributed by atoms with Crippen molar-refractivity contribution in [2.24, 2.45) is 17.8 Å². The SMILES string of the molecule is Fc1cnc(-c2c[nH]c3ncc(Cl)cc23)nc1NCC1CCCN(CC2CCCCC2)C1.OCCN1CCCC(CNc2nc(-c3c[nH]c4ncc(Cl)cc34)ncc2F)C1. The minimum absolute atomic E-state index is 0.160. The predicted molar refractivity (Wildman–Crippen MR) is 233 cm³/mol. The van der Waals surface area contributed by atoms with Crippen LogP contribution >= 0.6 is 23.2 Å². The Morgan fingerprint density at radius 2 is 1.15 bits per heavy atom. The van der Waals surface area contributed by atoms with Gasteiger partial charge in [0.15, 0.2) is 34.9 Å². The standard InChI is InChI=1S/C24H30ClFN6.C19H22ClFN6O/c25-18-9-19-20(12-29-22(19)28-11-18)23-30-13-21(26)24(31-23)27-10-17-7-4-8-32(15-17)14-16-5-2-1-3-6-16;20-13-6-14-15(9-24-17(14)23-8-13)18-25-10-16(21)19(26-18)22-7-12-2-1-3-27(11-12)4-5-28/h9,11-13,16-17H,1-8,10,14-15H2,(H,28,29)(H,27,30,31);6,8-10,12,28H,1-5,7,11H2,(H,23,24)(H,22,25,26). The highest BCUT2D eigenvalue weighted by Gasteiger charge is 2.25. The van der Waals surface area contributed by atoms with Crippen LogP contribution in [-0.4, -0.2) is 114 Å². The van der Waals surface area contributed by atoms with E-state index in [0.29, 0.717) is 57.9 Å². The number of pyridine rings is 2. The van der Waals surface area contributed by atoms with Gasteiger partial charge in [0.1, 0.15) is 11.3 Å². The molecule has 17 heteroatoms. The van der Waals surface area contributed by atoms with Crippen LogP contribution in [-0.2, 0) is 0 Å². The number of rotatable bonds is 12. The van der Waals surface area contributed by atoms with Crippen molar-refractivity contribution in [3.8, 4) is 22.8 Å². The third-order valence-electron chi connectivity index (χ3n) is 11.9. The lowest BCUT2D eigenvalue weighted by molar-refractivity contribution is 0.142. The van der Waals surface area contributed by atoms with E-state index in [-0.39, 0.29) is 18.2 Å². The molecule has 2 aliphatic heterocycles. The molecule has 1 saturated carbocycles. The second-order valence-corrected chi connectivity index (χ2v) is 17.2. The zero-order valence-electron chi connectivity index (χ0n) is 33.6. The Kier molecular flexibility index (Phi) is 14.0. The van der Waals surface area contributed by atoms with E-state index in [1.165, 1.54) is 70.4 Å². The van der Waals surface area contributed by atoms with Crippen molar-refractivity contribution >= 4 is 56.9 Å². The third kappa shape index (κ3) is 10.5. The summed E-state index contributed by atoms with van der Waals surface area (Å²) in [7, 11) is 0. The van der Waals surface area contributed by atoms with Crippen molar-refractivity contribution in [2.45, 2.75) is 57.8 Å². The van der Waals surface area contributed by atoms with Crippen LogP contribution in [0.3, 0.4) is 0 Å². The van der Waals surface area contributed by atoms with Crippen LogP contribution in [0, 0.1) is 29.4 Å². The topological polar surface area (TPSA) is 160 Å². The quantitative estimate of drug-likeness (QED) is 0.0804. The molecular weight excluding hydrogens is 809 g/mol. The van der Waals surface area contributed by atoms with Gasteiger partial charge in [0.05, 0.1) is 29.0 Å². The third-order valence-corrected chi connectivity index (χ3v) is 12.4. The molecule has 318 valence electrons. The van der Waals surface area contributed by atoms with Gasteiger partial charge in [-0.25, -0.2) is 38.7 Å². The van der Waals surface area contributed by atoms with Gasteiger partial charge < -0.3 is 35.5 Å². The molecule has 2 saturated heterocycles. The second kappa shape index (κ2) is 19.9. The number of likely N-dealkylation sites (tertiary alicyclic amines) is 2. The summed E-state index contributed by atoms with van der Waals surface area (Å²) in [5.74, 6) is 2.13. The maximum atomic E-state index is 14.5. The lowest BCUT2D eigenvalue weighted by Gasteiger charge is -2.36. The van der Waals surface area contributed by atoms with Crippen molar-refractivity contribution in [1.82, 2.24) is 49.7 Å². The number of aliphatic hydroxyl groups is 1. The van der Waals surface area contributed by atoms with Gasteiger partial charge in [-0.2, -0.15) is 0 Å². The van der Waals surface area contributed by atoms with Crippen LogP contribution in [0.15, 0.2) is 49.3 Å². The molecule has 6 aromatic rings. The summed E-state index contributed by atoms with van der Waals surface area (Å²) in [4.78, 5) is 36.8. The van der Waals surface area contributed by atoms with Crippen molar-refractivity contribution in [3.05, 3.63) is 71.0 Å². The summed E-state index contributed by atoms with van der Waals surface area (Å²) in [5.41, 5.74) is 2.86. The zero-order valence-corrected chi connectivity index (χ0v) is 35.1. The predicted octanol–water partition coefficient (Wildman–Crippen LogP) is 8.45. The number of fused-ring (bicyclic) bond motifs is 2. The first-order valence-corrected chi connectivity index (χ1v) is 21.9. The van der Waals surface area contributed by atoms with Crippen LogP contribution in [0.5, 0.6) is 0 Å². The Morgan fingerprint density at radius 3 is 1.68 bits per heavy atom. The summed E-state index contributed by atoms with van der Waals surface area (Å²) < 4.78 is 28.8. The molecule has 0 radical (unpaired) electrons. The number of hydrogen-bond donors (Lipinski definition) is 5. The fourth-order valence-electron chi connectivity index (χ4n) is 8.93. The number of nitrogens with one attached hydrogen (secondary N) is 4. The number of H-pyrrole nitrogens is 2.